The molecule has 4 heteroatoms. The smallest absolute Gasteiger partial charge is 0.246 e. The highest BCUT2D eigenvalue weighted by Crippen LogP contribution is 2.09. The van der Waals surface area contributed by atoms with Crippen LogP contribution in [-0.4, -0.2) is 49.7 Å². The summed E-state index contributed by atoms with van der Waals surface area (Å²) in [5.41, 5.74) is 0. The summed E-state index contributed by atoms with van der Waals surface area (Å²) < 4.78 is 5.32. The number of ether oxygens (including phenoxy) is 1. The highest BCUT2D eigenvalue weighted by atomic mass is 16.5. The van der Waals surface area contributed by atoms with Gasteiger partial charge >= 0.3 is 0 Å². The Hall–Kier alpha value is -0.870. The van der Waals surface area contributed by atoms with Crippen LogP contribution in [0.4, 0.5) is 0 Å². The van der Waals surface area contributed by atoms with Gasteiger partial charge in [0.15, 0.2) is 0 Å². The molecule has 4 nitrogen and oxygen atoms in total. The van der Waals surface area contributed by atoms with E-state index in [0.29, 0.717) is 6.61 Å². The molecule has 1 atom stereocenters. The number of rotatable bonds is 2. The number of nitrogens with one attached hydrogen (secondary N) is 1. The number of nitrogens with zero attached hydrogens (tertiary/aromatic N) is 1. The quantitative estimate of drug-likeness (QED) is 0.696. The molecule has 0 saturated carbocycles. The average Bonchev–Trinajstić information content (AvgIpc) is 2.38. The highest BCUT2D eigenvalue weighted by Gasteiger charge is 2.15. The highest BCUT2D eigenvalue weighted by molar-refractivity contribution is 5.87. The summed E-state index contributed by atoms with van der Waals surface area (Å²) in [5, 5.41) is 3.29. The van der Waals surface area contributed by atoms with Gasteiger partial charge in [0.1, 0.15) is 0 Å². The summed E-state index contributed by atoms with van der Waals surface area (Å²) in [5.74, 6) is 0.145. The molecule has 0 bridgehead atoms. The van der Waals surface area contributed by atoms with Gasteiger partial charge in [0.25, 0.3) is 0 Å². The number of carbonyl (C=O) groups excluding carboxylic acids is 1. The van der Waals surface area contributed by atoms with Gasteiger partial charge < -0.3 is 15.0 Å². The molecular formula is C12H20N2O2. The molecule has 0 spiro atoms. The van der Waals surface area contributed by atoms with E-state index < -0.39 is 0 Å². The third-order valence-electron chi connectivity index (χ3n) is 3.09. The lowest BCUT2D eigenvalue weighted by atomic mass is 10.1. The van der Waals surface area contributed by atoms with Crippen molar-refractivity contribution in [2.45, 2.75) is 25.3 Å². The van der Waals surface area contributed by atoms with E-state index in [9.17, 15) is 4.79 Å². The maximum absolute atomic E-state index is 11.8. The Bertz CT molecular complexity index is 254. The van der Waals surface area contributed by atoms with Crippen molar-refractivity contribution in [2.75, 3.05) is 32.8 Å². The Morgan fingerprint density at radius 3 is 2.81 bits per heavy atom. The minimum atomic E-state index is 0.145. The third-order valence-corrected chi connectivity index (χ3v) is 3.09. The van der Waals surface area contributed by atoms with Crippen LogP contribution in [0.5, 0.6) is 0 Å². The molecule has 2 aliphatic rings. The van der Waals surface area contributed by atoms with Gasteiger partial charge in [-0.25, -0.2) is 0 Å². The van der Waals surface area contributed by atoms with E-state index in [2.05, 4.69) is 5.32 Å². The molecule has 2 aliphatic heterocycles. The van der Waals surface area contributed by atoms with Gasteiger partial charge in [0.2, 0.25) is 5.91 Å². The van der Waals surface area contributed by atoms with Crippen LogP contribution in [0.1, 0.15) is 19.3 Å². The van der Waals surface area contributed by atoms with E-state index in [1.807, 2.05) is 11.0 Å². The van der Waals surface area contributed by atoms with Crippen LogP contribution < -0.4 is 5.32 Å². The van der Waals surface area contributed by atoms with Crippen LogP contribution >= 0.6 is 0 Å². The number of amides is 1. The van der Waals surface area contributed by atoms with Crippen molar-refractivity contribution in [1.29, 1.82) is 0 Å². The number of piperidine rings is 1. The van der Waals surface area contributed by atoms with Gasteiger partial charge in [0.05, 0.1) is 13.2 Å². The molecular weight excluding hydrogens is 204 g/mol. The first-order valence-electron chi connectivity index (χ1n) is 6.14. The second-order valence-electron chi connectivity index (χ2n) is 4.38. The number of likely N-dealkylation sites (tertiary alicyclic amines) is 1. The summed E-state index contributed by atoms with van der Waals surface area (Å²) in [4.78, 5) is 13.7. The predicted octanol–water partition coefficient (Wildman–Crippen LogP) is 0.543. The van der Waals surface area contributed by atoms with Crippen LogP contribution in [-0.2, 0) is 9.53 Å². The van der Waals surface area contributed by atoms with Gasteiger partial charge in [-0.2, -0.15) is 0 Å². The van der Waals surface area contributed by atoms with Crippen LogP contribution in [0, 0.1) is 0 Å². The molecule has 16 heavy (non-hydrogen) atoms. The van der Waals surface area contributed by atoms with Crippen molar-refractivity contribution in [2.24, 2.45) is 0 Å². The number of carbonyl (C=O) groups is 1. The molecule has 0 aromatic rings. The van der Waals surface area contributed by atoms with Gasteiger partial charge in [-0.05, 0) is 19.3 Å². The van der Waals surface area contributed by atoms with Crippen molar-refractivity contribution < 1.29 is 9.53 Å². The topological polar surface area (TPSA) is 41.6 Å². The number of hydrogen-bond acceptors (Lipinski definition) is 3. The molecule has 2 saturated heterocycles. The molecule has 2 fully saturated rings. The van der Waals surface area contributed by atoms with Crippen LogP contribution in [0.25, 0.3) is 0 Å². The zero-order valence-corrected chi connectivity index (χ0v) is 9.65. The molecule has 0 aromatic heterocycles. The Labute approximate surface area is 96.6 Å². The Morgan fingerprint density at radius 2 is 2.12 bits per heavy atom. The van der Waals surface area contributed by atoms with Crippen molar-refractivity contribution in [1.82, 2.24) is 10.2 Å². The van der Waals surface area contributed by atoms with E-state index in [1.165, 1.54) is 6.42 Å². The zero-order valence-electron chi connectivity index (χ0n) is 9.65. The predicted molar refractivity (Wildman–Crippen MR) is 62.2 cm³/mol. The Balaban J connectivity index is 1.78. The summed E-state index contributed by atoms with van der Waals surface area (Å²) in [7, 11) is 0. The normalized spacial score (nSPS) is 27.2. The van der Waals surface area contributed by atoms with E-state index in [1.54, 1.807) is 6.08 Å². The molecule has 2 heterocycles. The maximum Gasteiger partial charge on any atom is 0.246 e. The summed E-state index contributed by atoms with van der Waals surface area (Å²) in [6.45, 7) is 4.14. The fourth-order valence-electron chi connectivity index (χ4n) is 2.13. The lowest BCUT2D eigenvalue weighted by Gasteiger charge is -2.26. The van der Waals surface area contributed by atoms with Crippen LogP contribution in [0.15, 0.2) is 12.2 Å². The van der Waals surface area contributed by atoms with Crippen molar-refractivity contribution in [3.8, 4) is 0 Å². The lowest BCUT2D eigenvalue weighted by Crippen LogP contribution is -2.40. The third kappa shape index (κ3) is 3.32. The van der Waals surface area contributed by atoms with Gasteiger partial charge in [-0.1, -0.05) is 6.08 Å². The van der Waals surface area contributed by atoms with E-state index in [4.69, 9.17) is 4.74 Å². The summed E-state index contributed by atoms with van der Waals surface area (Å²) in [6, 6.07) is 0.197. The Kier molecular flexibility index (Phi) is 4.36. The van der Waals surface area contributed by atoms with Gasteiger partial charge in [-0.15, -0.1) is 0 Å². The second-order valence-corrected chi connectivity index (χ2v) is 4.38. The van der Waals surface area contributed by atoms with E-state index in [0.717, 1.165) is 39.1 Å². The largest absolute Gasteiger partial charge is 0.378 e. The summed E-state index contributed by atoms with van der Waals surface area (Å²) >= 11 is 0. The van der Waals surface area contributed by atoms with Crippen LogP contribution in [0.3, 0.4) is 0 Å². The van der Waals surface area contributed by atoms with E-state index in [-0.39, 0.29) is 11.9 Å². The Morgan fingerprint density at radius 1 is 1.31 bits per heavy atom. The van der Waals surface area contributed by atoms with Gasteiger partial charge in [0, 0.05) is 31.8 Å². The standard InChI is InChI=1S/C12H20N2O2/c15-12(14-7-2-1-3-8-14)5-4-11-10-16-9-6-13-11/h4-5,11,13H,1-3,6-10H2/b5-4+. The number of morpholine rings is 1. The molecule has 0 aromatic carbocycles. The number of hydrogen-bond donors (Lipinski definition) is 1. The molecule has 0 radical (unpaired) electrons. The lowest BCUT2D eigenvalue weighted by molar-refractivity contribution is -0.126. The molecule has 90 valence electrons. The minimum absolute atomic E-state index is 0.145. The zero-order chi connectivity index (χ0) is 11.2. The molecule has 0 aliphatic carbocycles. The van der Waals surface area contributed by atoms with Crippen molar-refractivity contribution >= 4 is 5.91 Å². The first-order valence-corrected chi connectivity index (χ1v) is 6.14. The summed E-state index contributed by atoms with van der Waals surface area (Å²) in [6.07, 6.45) is 7.16. The molecule has 1 amide bonds. The monoisotopic (exact) mass is 224 g/mol. The van der Waals surface area contributed by atoms with Crippen molar-refractivity contribution in [3.63, 3.8) is 0 Å². The first kappa shape index (κ1) is 11.6. The van der Waals surface area contributed by atoms with Crippen LogP contribution in [0.2, 0.25) is 0 Å². The first-order chi connectivity index (χ1) is 7.86. The van der Waals surface area contributed by atoms with E-state index >= 15 is 0 Å². The fraction of sp³-hybridized carbons (Fsp3) is 0.750. The maximum atomic E-state index is 11.8. The average molecular weight is 224 g/mol. The van der Waals surface area contributed by atoms with Crippen molar-refractivity contribution in [3.05, 3.63) is 12.2 Å². The molecule has 2 rings (SSSR count). The molecule has 1 unspecified atom stereocenters. The second kappa shape index (κ2) is 6.01. The SMILES string of the molecule is O=C(/C=C/C1COCCN1)N1CCCCC1. The minimum Gasteiger partial charge on any atom is -0.378 e. The van der Waals surface area contributed by atoms with Gasteiger partial charge in [-0.3, -0.25) is 4.79 Å². The molecule has 1 N–H and O–H groups in total. The fourth-order valence-corrected chi connectivity index (χ4v) is 2.13.